The maximum Gasteiger partial charge on any atom is 0.191 e. The van der Waals surface area contributed by atoms with Crippen LogP contribution in [-0.2, 0) is 17.8 Å². The second kappa shape index (κ2) is 13.4. The van der Waals surface area contributed by atoms with Crippen molar-refractivity contribution in [3.63, 3.8) is 0 Å². The normalized spacial score (nSPS) is 17.5. The third kappa shape index (κ3) is 10.1. The quantitative estimate of drug-likeness (QED) is 0.261. The lowest BCUT2D eigenvalue weighted by Gasteiger charge is -2.34. The monoisotopic (exact) mass is 519 g/mol. The van der Waals surface area contributed by atoms with Crippen LogP contribution in [0.15, 0.2) is 29.3 Å². The lowest BCUT2D eigenvalue weighted by Crippen LogP contribution is -2.52. The minimum absolute atomic E-state index is 0. The Morgan fingerprint density at radius 3 is 2.48 bits per heavy atom. The third-order valence-electron chi connectivity index (χ3n) is 4.66. The van der Waals surface area contributed by atoms with Crippen molar-refractivity contribution in [2.24, 2.45) is 4.99 Å². The smallest absolute Gasteiger partial charge is 0.191 e. The van der Waals surface area contributed by atoms with Gasteiger partial charge < -0.3 is 25.4 Å². The number of rotatable bonds is 9. The molecule has 2 rings (SSSR count). The molecule has 1 heterocycles. The number of aliphatic hydroxyl groups is 1. The van der Waals surface area contributed by atoms with E-state index >= 15 is 0 Å². The van der Waals surface area contributed by atoms with Crippen molar-refractivity contribution in [2.75, 3.05) is 60.0 Å². The van der Waals surface area contributed by atoms with Gasteiger partial charge in [0.25, 0.3) is 0 Å². The molecule has 1 fully saturated rings. The molecule has 3 N–H and O–H groups in total. The number of hydrogen-bond donors (Lipinski definition) is 3. The van der Waals surface area contributed by atoms with Crippen LogP contribution in [0.4, 0.5) is 0 Å². The summed E-state index contributed by atoms with van der Waals surface area (Å²) >= 11 is 0. The molecule has 0 amide bonds. The molecule has 1 saturated heterocycles. The fraction of sp³-hybridized carbons (Fsp3) is 0.667. The van der Waals surface area contributed by atoms with Gasteiger partial charge in [0.05, 0.1) is 25.4 Å². The second-order valence-corrected chi connectivity index (χ2v) is 7.94. The molecular weight excluding hydrogens is 481 g/mol. The van der Waals surface area contributed by atoms with Crippen molar-refractivity contribution in [1.29, 1.82) is 0 Å². The van der Waals surface area contributed by atoms with Crippen molar-refractivity contribution in [3.8, 4) is 0 Å². The predicted octanol–water partition coefficient (Wildman–Crippen LogP) is 1.50. The summed E-state index contributed by atoms with van der Waals surface area (Å²) in [5, 5.41) is 17.4. The van der Waals surface area contributed by atoms with Crippen LogP contribution in [0, 0.1) is 0 Å². The van der Waals surface area contributed by atoms with Crippen LogP contribution in [0.2, 0.25) is 0 Å². The van der Waals surface area contributed by atoms with Crippen LogP contribution in [0.5, 0.6) is 0 Å². The van der Waals surface area contributed by atoms with Crippen LogP contribution in [0.1, 0.15) is 25.0 Å². The number of hydrogen-bond acceptors (Lipinski definition) is 5. The Kier molecular flexibility index (Phi) is 12.0. The van der Waals surface area contributed by atoms with Crippen LogP contribution >= 0.6 is 24.0 Å². The van der Waals surface area contributed by atoms with Gasteiger partial charge in [-0.3, -0.25) is 4.90 Å². The lowest BCUT2D eigenvalue weighted by atomic mass is 10.1. The summed E-state index contributed by atoms with van der Waals surface area (Å²) in [4.78, 5) is 9.14. The van der Waals surface area contributed by atoms with Gasteiger partial charge >= 0.3 is 0 Å². The van der Waals surface area contributed by atoms with E-state index in [4.69, 9.17) is 9.73 Å². The molecule has 0 aliphatic carbocycles. The number of guanidine groups is 1. The predicted molar refractivity (Wildman–Crippen MR) is 130 cm³/mol. The highest BCUT2D eigenvalue weighted by atomic mass is 127. The minimum atomic E-state index is -0.837. The zero-order chi connectivity index (χ0) is 20.4. The van der Waals surface area contributed by atoms with Crippen molar-refractivity contribution >= 4 is 29.9 Å². The van der Waals surface area contributed by atoms with Gasteiger partial charge in [0.1, 0.15) is 0 Å². The first-order valence-corrected chi connectivity index (χ1v) is 10.2. The van der Waals surface area contributed by atoms with E-state index in [2.05, 4.69) is 58.8 Å². The number of aliphatic imine (C=N–C) groups is 1. The topological polar surface area (TPSA) is 72.4 Å². The Hall–Kier alpha value is -0.940. The zero-order valence-electron chi connectivity index (χ0n) is 18.3. The lowest BCUT2D eigenvalue weighted by molar-refractivity contribution is -0.0201. The molecule has 1 unspecified atom stereocenters. The first-order valence-electron chi connectivity index (χ1n) is 10.2. The van der Waals surface area contributed by atoms with Crippen molar-refractivity contribution < 1.29 is 9.84 Å². The molecule has 166 valence electrons. The molecule has 1 atom stereocenters. The summed E-state index contributed by atoms with van der Waals surface area (Å²) in [6, 6.07) is 8.40. The Balaban J connectivity index is 0.00000420. The molecule has 0 saturated carbocycles. The van der Waals surface area contributed by atoms with E-state index in [1.54, 1.807) is 0 Å². The minimum Gasteiger partial charge on any atom is -0.387 e. The van der Waals surface area contributed by atoms with Gasteiger partial charge in [-0.1, -0.05) is 24.3 Å². The fourth-order valence-corrected chi connectivity index (χ4v) is 3.28. The molecule has 1 aromatic carbocycles. The zero-order valence-corrected chi connectivity index (χ0v) is 20.6. The first-order chi connectivity index (χ1) is 13.4. The van der Waals surface area contributed by atoms with Crippen LogP contribution < -0.4 is 10.6 Å². The van der Waals surface area contributed by atoms with E-state index in [0.29, 0.717) is 19.6 Å². The van der Waals surface area contributed by atoms with Crippen LogP contribution in [0.3, 0.4) is 0 Å². The second-order valence-electron chi connectivity index (χ2n) is 7.94. The molecule has 7 nitrogen and oxygen atoms in total. The van der Waals surface area contributed by atoms with Gasteiger partial charge in [0, 0.05) is 39.3 Å². The number of halogens is 1. The van der Waals surface area contributed by atoms with E-state index in [9.17, 15) is 5.11 Å². The molecule has 0 spiro atoms. The number of benzene rings is 1. The highest BCUT2D eigenvalue weighted by Crippen LogP contribution is 2.12. The summed E-state index contributed by atoms with van der Waals surface area (Å²) in [5.41, 5.74) is 1.66. The molecule has 8 heteroatoms. The average Bonchev–Trinajstić information content (AvgIpc) is 2.65. The van der Waals surface area contributed by atoms with E-state index < -0.39 is 5.60 Å². The van der Waals surface area contributed by atoms with E-state index in [-0.39, 0.29) is 24.0 Å². The standard InChI is InChI=1S/C21H37N5O2.HI/c1-5-22-20(23-14-18-8-6-7-9-19(18)15-25(3)4)24-16-21(2,27)17-26-10-12-28-13-11-26;/h6-9,27H,5,10-17H2,1-4H3,(H2,22,23,24);1H. The van der Waals surface area contributed by atoms with Gasteiger partial charge in [0.2, 0.25) is 0 Å². The number of morpholine rings is 1. The van der Waals surface area contributed by atoms with Crippen molar-refractivity contribution in [2.45, 2.75) is 32.5 Å². The number of nitrogens with one attached hydrogen (secondary N) is 2. The summed E-state index contributed by atoms with van der Waals surface area (Å²) in [7, 11) is 4.14. The summed E-state index contributed by atoms with van der Waals surface area (Å²) < 4.78 is 5.38. The third-order valence-corrected chi connectivity index (χ3v) is 4.66. The number of ether oxygens (including phenoxy) is 1. The highest BCUT2D eigenvalue weighted by molar-refractivity contribution is 14.0. The van der Waals surface area contributed by atoms with Gasteiger partial charge in [0.15, 0.2) is 5.96 Å². The first kappa shape index (κ1) is 26.1. The summed E-state index contributed by atoms with van der Waals surface area (Å²) in [6.07, 6.45) is 0. The Labute approximate surface area is 192 Å². The molecule has 1 aliphatic heterocycles. The Morgan fingerprint density at radius 1 is 1.21 bits per heavy atom. The van der Waals surface area contributed by atoms with Gasteiger partial charge in [-0.25, -0.2) is 4.99 Å². The number of β-amino-alcohol motifs (C(OH)–C–C–N with tert-alkyl or cyclic N) is 1. The van der Waals surface area contributed by atoms with Crippen molar-refractivity contribution in [1.82, 2.24) is 20.4 Å². The van der Waals surface area contributed by atoms with E-state index in [1.165, 1.54) is 11.1 Å². The highest BCUT2D eigenvalue weighted by Gasteiger charge is 2.25. The molecule has 0 bridgehead atoms. The molecular formula is C21H38IN5O2. The average molecular weight is 519 g/mol. The Bertz CT molecular complexity index is 619. The largest absolute Gasteiger partial charge is 0.387 e. The molecule has 0 radical (unpaired) electrons. The maximum absolute atomic E-state index is 10.8. The summed E-state index contributed by atoms with van der Waals surface area (Å²) in [5.74, 6) is 0.726. The van der Waals surface area contributed by atoms with Gasteiger partial charge in [-0.2, -0.15) is 0 Å². The molecule has 0 aromatic heterocycles. The molecule has 29 heavy (non-hydrogen) atoms. The SMILES string of the molecule is CCNC(=NCc1ccccc1CN(C)C)NCC(C)(O)CN1CCOCC1.I. The summed E-state index contributed by atoms with van der Waals surface area (Å²) in [6.45, 7) is 10.4. The maximum atomic E-state index is 10.8. The van der Waals surface area contributed by atoms with Crippen LogP contribution in [-0.4, -0.2) is 86.5 Å². The van der Waals surface area contributed by atoms with E-state index in [0.717, 1.165) is 45.4 Å². The fourth-order valence-electron chi connectivity index (χ4n) is 3.28. The number of nitrogens with zero attached hydrogens (tertiary/aromatic N) is 3. The molecule has 1 aliphatic rings. The van der Waals surface area contributed by atoms with Crippen LogP contribution in [0.25, 0.3) is 0 Å². The van der Waals surface area contributed by atoms with Gasteiger partial charge in [-0.15, -0.1) is 24.0 Å². The molecule has 1 aromatic rings. The van der Waals surface area contributed by atoms with E-state index in [1.807, 2.05) is 13.8 Å². The van der Waals surface area contributed by atoms with Gasteiger partial charge in [-0.05, 0) is 39.1 Å². The Morgan fingerprint density at radius 2 is 1.86 bits per heavy atom. The van der Waals surface area contributed by atoms with Crippen molar-refractivity contribution in [3.05, 3.63) is 35.4 Å².